The molecule has 1 aromatic heterocycles. The molecule has 0 bridgehead atoms. The van der Waals surface area contributed by atoms with E-state index in [-0.39, 0.29) is 34.8 Å². The molecular weight excluding hydrogens is 508 g/mol. The fourth-order valence-electron chi connectivity index (χ4n) is 5.05. The number of aromatic nitrogens is 2. The normalized spacial score (nSPS) is 15.7. The second-order valence-electron chi connectivity index (χ2n) is 11.3. The molecule has 4 rings (SSSR count). The quantitative estimate of drug-likeness (QED) is 0.381. The molecule has 0 spiro atoms. The summed E-state index contributed by atoms with van der Waals surface area (Å²) in [5.41, 5.74) is 7.07. The Morgan fingerprint density at radius 3 is 2.54 bits per heavy atom. The third-order valence-electron chi connectivity index (χ3n) is 7.00. The Morgan fingerprint density at radius 1 is 1.13 bits per heavy atom. The van der Waals surface area contributed by atoms with Crippen molar-refractivity contribution in [3.63, 3.8) is 0 Å². The van der Waals surface area contributed by atoms with Gasteiger partial charge in [-0.3, -0.25) is 14.5 Å². The van der Waals surface area contributed by atoms with Crippen molar-refractivity contribution < 1.29 is 14.3 Å². The molecule has 2 heterocycles. The summed E-state index contributed by atoms with van der Waals surface area (Å²) in [6.45, 7) is 13.7. The third-order valence-corrected chi connectivity index (χ3v) is 8.24. The van der Waals surface area contributed by atoms with E-state index in [9.17, 15) is 9.59 Å². The third kappa shape index (κ3) is 6.23. The van der Waals surface area contributed by atoms with Crippen LogP contribution in [0.15, 0.2) is 42.5 Å². The van der Waals surface area contributed by atoms with Crippen molar-refractivity contribution in [2.75, 3.05) is 37.5 Å². The van der Waals surface area contributed by atoms with Crippen molar-refractivity contribution in [2.24, 2.45) is 0 Å². The number of methoxy groups -OCH3 is 1. The van der Waals surface area contributed by atoms with E-state index in [2.05, 4.69) is 77.2 Å². The molecular formula is C31H40N4O3S. The summed E-state index contributed by atoms with van der Waals surface area (Å²) in [6.07, 6.45) is 0.710. The van der Waals surface area contributed by atoms with Crippen molar-refractivity contribution in [3.05, 3.63) is 76.0 Å². The van der Waals surface area contributed by atoms with Gasteiger partial charge in [-0.2, -0.15) is 5.10 Å². The molecule has 0 unspecified atom stereocenters. The van der Waals surface area contributed by atoms with Crippen molar-refractivity contribution in [3.8, 4) is 5.69 Å². The summed E-state index contributed by atoms with van der Waals surface area (Å²) in [4.78, 5) is 28.6. The zero-order valence-electron chi connectivity index (χ0n) is 24.1. The average Bonchev–Trinajstić information content (AvgIpc) is 3.20. The molecule has 3 aromatic rings. The molecule has 0 fully saturated rings. The summed E-state index contributed by atoms with van der Waals surface area (Å²) in [5.74, 6) is 0.648. The van der Waals surface area contributed by atoms with Gasteiger partial charge in [-0.1, -0.05) is 62.7 Å². The minimum atomic E-state index is -0.295. The van der Waals surface area contributed by atoms with Gasteiger partial charge in [0.2, 0.25) is 11.8 Å². The molecule has 0 saturated heterocycles. The van der Waals surface area contributed by atoms with Crippen LogP contribution in [0.4, 0.5) is 5.82 Å². The van der Waals surface area contributed by atoms with Crippen molar-refractivity contribution in [1.82, 2.24) is 15.1 Å². The summed E-state index contributed by atoms with van der Waals surface area (Å²) in [6, 6.07) is 14.6. The Hall–Kier alpha value is -3.10. The van der Waals surface area contributed by atoms with Crippen LogP contribution in [0.3, 0.4) is 0 Å². The van der Waals surface area contributed by atoms with Crippen LogP contribution >= 0.6 is 11.8 Å². The Labute approximate surface area is 236 Å². The van der Waals surface area contributed by atoms with Gasteiger partial charge in [0.25, 0.3) is 0 Å². The van der Waals surface area contributed by atoms with Gasteiger partial charge in [0.1, 0.15) is 12.4 Å². The SMILES string of the molecule is COCCCNC(=O)CN1C(=O)CS[C@H](c2ccccc2C)c2c(C(C)(C)C)nn(-c3ccc(C)cc3C)c21. The van der Waals surface area contributed by atoms with Gasteiger partial charge in [-0.25, -0.2) is 4.68 Å². The van der Waals surface area contributed by atoms with Gasteiger partial charge >= 0.3 is 0 Å². The van der Waals surface area contributed by atoms with Gasteiger partial charge in [-0.15, -0.1) is 11.8 Å². The van der Waals surface area contributed by atoms with E-state index in [1.807, 2.05) is 16.8 Å². The van der Waals surface area contributed by atoms with Crippen molar-refractivity contribution in [1.29, 1.82) is 0 Å². The molecule has 0 saturated carbocycles. The number of amides is 2. The van der Waals surface area contributed by atoms with Crippen LogP contribution in [-0.2, 0) is 19.7 Å². The summed E-state index contributed by atoms with van der Waals surface area (Å²) < 4.78 is 7.01. The fourth-order valence-corrected chi connectivity index (χ4v) is 6.35. The zero-order chi connectivity index (χ0) is 28.3. The van der Waals surface area contributed by atoms with Gasteiger partial charge < -0.3 is 10.1 Å². The molecule has 8 heteroatoms. The van der Waals surface area contributed by atoms with Crippen molar-refractivity contribution in [2.45, 2.75) is 58.6 Å². The second-order valence-corrected chi connectivity index (χ2v) is 12.4. The monoisotopic (exact) mass is 548 g/mol. The van der Waals surface area contributed by atoms with E-state index in [4.69, 9.17) is 9.84 Å². The number of nitrogens with one attached hydrogen (secondary N) is 1. The van der Waals surface area contributed by atoms with Crippen LogP contribution in [0.5, 0.6) is 0 Å². The Morgan fingerprint density at radius 2 is 1.87 bits per heavy atom. The summed E-state index contributed by atoms with van der Waals surface area (Å²) in [5, 5.41) is 8.06. The topological polar surface area (TPSA) is 76.5 Å². The lowest BCUT2D eigenvalue weighted by Crippen LogP contribution is -2.42. The lowest BCUT2D eigenvalue weighted by Gasteiger charge is -2.25. The first kappa shape index (κ1) is 28.9. The highest BCUT2D eigenvalue weighted by atomic mass is 32.2. The Balaban J connectivity index is 1.95. The molecule has 2 aromatic carbocycles. The standard InChI is InChI=1S/C31H40N4O3S/c1-20-13-14-24(22(3)17-20)35-30-27(29(33-35)31(4,5)6)28(23-12-9-8-11-21(23)2)39-19-26(37)34(30)18-25(36)32-15-10-16-38-7/h8-9,11-14,17,28H,10,15-16,18-19H2,1-7H3,(H,32,36)/t28-/m1/s1. The molecule has 1 N–H and O–H groups in total. The van der Waals surface area contributed by atoms with E-state index in [0.29, 0.717) is 25.4 Å². The highest BCUT2D eigenvalue weighted by Gasteiger charge is 2.40. The smallest absolute Gasteiger partial charge is 0.240 e. The highest BCUT2D eigenvalue weighted by Crippen LogP contribution is 2.49. The molecule has 39 heavy (non-hydrogen) atoms. The number of ether oxygens (including phenoxy) is 1. The lowest BCUT2D eigenvalue weighted by molar-refractivity contribution is -0.122. The first-order valence-electron chi connectivity index (χ1n) is 13.5. The number of anilines is 1. The Bertz CT molecular complexity index is 1360. The number of aryl methyl sites for hydroxylation is 3. The number of hydrogen-bond donors (Lipinski definition) is 1. The van der Waals surface area contributed by atoms with Crippen LogP contribution in [0.25, 0.3) is 5.69 Å². The molecule has 1 atom stereocenters. The number of rotatable bonds is 8. The maximum absolute atomic E-state index is 13.8. The minimum absolute atomic E-state index is 0.0694. The number of nitrogens with zero attached hydrogens (tertiary/aromatic N) is 3. The van der Waals surface area contributed by atoms with Crippen LogP contribution in [0, 0.1) is 20.8 Å². The maximum atomic E-state index is 13.8. The van der Waals surface area contributed by atoms with Crippen LogP contribution in [0.1, 0.15) is 66.0 Å². The first-order chi connectivity index (χ1) is 18.5. The molecule has 2 amide bonds. The van der Waals surface area contributed by atoms with E-state index >= 15 is 0 Å². The maximum Gasteiger partial charge on any atom is 0.240 e. The van der Waals surface area contributed by atoms with Crippen LogP contribution in [0.2, 0.25) is 0 Å². The molecule has 208 valence electrons. The van der Waals surface area contributed by atoms with Gasteiger partial charge in [0.15, 0.2) is 0 Å². The minimum Gasteiger partial charge on any atom is -0.385 e. The Kier molecular flexibility index (Phi) is 8.86. The molecule has 1 aliphatic rings. The molecule has 1 aliphatic heterocycles. The molecule has 0 aliphatic carbocycles. The average molecular weight is 549 g/mol. The number of thioether (sulfide) groups is 1. The van der Waals surface area contributed by atoms with Crippen LogP contribution < -0.4 is 10.2 Å². The van der Waals surface area contributed by atoms with Gasteiger partial charge in [0, 0.05) is 31.2 Å². The first-order valence-corrected chi connectivity index (χ1v) is 14.5. The predicted molar refractivity (Wildman–Crippen MR) is 159 cm³/mol. The number of benzene rings is 2. The predicted octanol–water partition coefficient (Wildman–Crippen LogP) is 5.42. The number of fused-ring (bicyclic) bond motifs is 1. The van der Waals surface area contributed by atoms with Crippen molar-refractivity contribution >= 4 is 29.4 Å². The summed E-state index contributed by atoms with van der Waals surface area (Å²) in [7, 11) is 1.64. The lowest BCUT2D eigenvalue weighted by atomic mass is 9.86. The molecule has 0 radical (unpaired) electrons. The van der Waals surface area contributed by atoms with Gasteiger partial charge in [0.05, 0.1) is 22.4 Å². The van der Waals surface area contributed by atoms with Crippen LogP contribution in [-0.4, -0.2) is 54.2 Å². The zero-order valence-corrected chi connectivity index (χ0v) is 24.9. The van der Waals surface area contributed by atoms with Gasteiger partial charge in [-0.05, 0) is 49.9 Å². The number of hydrogen-bond acceptors (Lipinski definition) is 5. The summed E-state index contributed by atoms with van der Waals surface area (Å²) >= 11 is 1.61. The fraction of sp³-hybridized carbons (Fsp3) is 0.452. The van der Waals surface area contributed by atoms with E-state index in [1.54, 1.807) is 23.8 Å². The number of carbonyl (C=O) groups excluding carboxylic acids is 2. The largest absolute Gasteiger partial charge is 0.385 e. The number of carbonyl (C=O) groups is 2. The highest BCUT2D eigenvalue weighted by molar-refractivity contribution is 8.00. The second kappa shape index (κ2) is 12.0. The van der Waals surface area contributed by atoms with E-state index < -0.39 is 0 Å². The van der Waals surface area contributed by atoms with E-state index in [1.165, 1.54) is 0 Å². The molecule has 7 nitrogen and oxygen atoms in total. The van der Waals surface area contributed by atoms with E-state index in [0.717, 1.165) is 39.2 Å².